The van der Waals surface area contributed by atoms with Crippen molar-refractivity contribution in [3.05, 3.63) is 18.0 Å². The monoisotopic (exact) mass is 251 g/mol. The predicted octanol–water partition coefficient (Wildman–Crippen LogP) is -0.820. The fourth-order valence-corrected chi connectivity index (χ4v) is 1.59. The quantitative estimate of drug-likeness (QED) is 0.648. The van der Waals surface area contributed by atoms with E-state index >= 15 is 0 Å². The van der Waals surface area contributed by atoms with E-state index < -0.39 is 6.09 Å². The van der Waals surface area contributed by atoms with E-state index in [1.165, 1.54) is 0 Å². The molecule has 1 aromatic rings. The van der Waals surface area contributed by atoms with Gasteiger partial charge in [-0.3, -0.25) is 4.79 Å². The number of anilines is 1. The van der Waals surface area contributed by atoms with Crippen LogP contribution >= 0.6 is 0 Å². The van der Waals surface area contributed by atoms with Crippen LogP contribution in [0.3, 0.4) is 0 Å². The minimum Gasteiger partial charge on any atom is -0.465 e. The van der Waals surface area contributed by atoms with E-state index in [0.717, 1.165) is 0 Å². The van der Waals surface area contributed by atoms with Crippen LogP contribution in [-0.2, 0) is 11.3 Å². The maximum Gasteiger partial charge on any atom is 0.404 e. The molecule has 18 heavy (non-hydrogen) atoms. The highest BCUT2D eigenvalue weighted by molar-refractivity contribution is 5.81. The lowest BCUT2D eigenvalue weighted by Crippen LogP contribution is -2.48. The van der Waals surface area contributed by atoms with Gasteiger partial charge in [0.1, 0.15) is 0 Å². The first-order valence-corrected chi connectivity index (χ1v) is 5.44. The number of piperazine rings is 1. The zero-order valence-corrected chi connectivity index (χ0v) is 9.59. The summed E-state index contributed by atoms with van der Waals surface area (Å²) in [6, 6.07) is 0. The summed E-state index contributed by atoms with van der Waals surface area (Å²) in [4.78, 5) is 31.5. The normalized spacial score (nSPS) is 15.1. The van der Waals surface area contributed by atoms with E-state index in [0.29, 0.717) is 24.6 Å². The van der Waals surface area contributed by atoms with Gasteiger partial charge < -0.3 is 20.6 Å². The molecule has 0 bridgehead atoms. The molecule has 2 heterocycles. The van der Waals surface area contributed by atoms with E-state index in [1.807, 2.05) is 0 Å². The number of aromatic nitrogens is 2. The van der Waals surface area contributed by atoms with E-state index in [2.05, 4.69) is 20.6 Å². The molecule has 8 heteroatoms. The van der Waals surface area contributed by atoms with Crippen LogP contribution in [0, 0.1) is 0 Å². The summed E-state index contributed by atoms with van der Waals surface area (Å²) in [5, 5.41) is 13.4. The lowest BCUT2D eigenvalue weighted by molar-refractivity contribution is -0.120. The average Bonchev–Trinajstić information content (AvgIpc) is 2.37. The fourth-order valence-electron chi connectivity index (χ4n) is 1.59. The van der Waals surface area contributed by atoms with Crippen molar-refractivity contribution >= 4 is 17.9 Å². The van der Waals surface area contributed by atoms with Gasteiger partial charge in [-0.2, -0.15) is 0 Å². The highest BCUT2D eigenvalue weighted by Crippen LogP contribution is 2.08. The van der Waals surface area contributed by atoms with Crippen molar-refractivity contribution in [3.8, 4) is 0 Å². The van der Waals surface area contributed by atoms with Crippen molar-refractivity contribution in [1.82, 2.24) is 20.6 Å². The summed E-state index contributed by atoms with van der Waals surface area (Å²) in [7, 11) is 0. The Morgan fingerprint density at radius 1 is 1.50 bits per heavy atom. The third-order valence-corrected chi connectivity index (χ3v) is 2.46. The fraction of sp³-hybridized carbons (Fsp3) is 0.400. The van der Waals surface area contributed by atoms with E-state index in [9.17, 15) is 9.59 Å². The molecule has 0 unspecified atom stereocenters. The Labute approximate surface area is 103 Å². The van der Waals surface area contributed by atoms with Gasteiger partial charge in [0.2, 0.25) is 11.9 Å². The molecular formula is C10H13N5O3. The molecule has 3 N–H and O–H groups in total. The van der Waals surface area contributed by atoms with Gasteiger partial charge in [0.15, 0.2) is 0 Å². The van der Waals surface area contributed by atoms with Gasteiger partial charge in [-0.25, -0.2) is 14.8 Å². The summed E-state index contributed by atoms with van der Waals surface area (Å²) < 4.78 is 0. The molecule has 1 aliphatic heterocycles. The van der Waals surface area contributed by atoms with Gasteiger partial charge in [0.05, 0.1) is 6.54 Å². The Hall–Kier alpha value is -2.38. The van der Waals surface area contributed by atoms with Crippen LogP contribution in [0.15, 0.2) is 12.4 Å². The standard InChI is InChI=1S/C10H13N5O3/c16-8-6-15(2-1-11-8)9-12-3-7(4-13-9)5-14-10(17)18/h3-4,14H,1-2,5-6H2,(H,11,16)(H,17,18). The third-order valence-electron chi connectivity index (χ3n) is 2.46. The second-order valence-electron chi connectivity index (χ2n) is 3.82. The SMILES string of the molecule is O=C(O)NCc1cnc(N2CCNC(=O)C2)nc1. The Morgan fingerprint density at radius 2 is 2.22 bits per heavy atom. The molecule has 0 aliphatic carbocycles. The van der Waals surface area contributed by atoms with Crippen LogP contribution in [0.5, 0.6) is 0 Å². The van der Waals surface area contributed by atoms with Gasteiger partial charge in [0, 0.05) is 37.6 Å². The Bertz CT molecular complexity index is 447. The van der Waals surface area contributed by atoms with Crippen LogP contribution in [0.2, 0.25) is 0 Å². The van der Waals surface area contributed by atoms with Gasteiger partial charge in [-0.1, -0.05) is 0 Å². The predicted molar refractivity (Wildman–Crippen MR) is 62.1 cm³/mol. The molecule has 0 atom stereocenters. The average molecular weight is 251 g/mol. The number of carboxylic acid groups (broad SMARTS) is 1. The van der Waals surface area contributed by atoms with Crippen LogP contribution in [0.25, 0.3) is 0 Å². The summed E-state index contributed by atoms with van der Waals surface area (Å²) in [5.74, 6) is 0.422. The van der Waals surface area contributed by atoms with Gasteiger partial charge in [-0.05, 0) is 0 Å². The molecule has 1 aromatic heterocycles. The third kappa shape index (κ3) is 3.06. The van der Waals surface area contributed by atoms with Crippen LogP contribution in [0.4, 0.5) is 10.7 Å². The molecule has 2 amide bonds. The van der Waals surface area contributed by atoms with Gasteiger partial charge >= 0.3 is 6.09 Å². The lowest BCUT2D eigenvalue weighted by atomic mass is 10.3. The molecule has 1 fully saturated rings. The van der Waals surface area contributed by atoms with E-state index in [4.69, 9.17) is 5.11 Å². The van der Waals surface area contributed by atoms with Crippen molar-refractivity contribution in [2.45, 2.75) is 6.54 Å². The van der Waals surface area contributed by atoms with Crippen LogP contribution in [0.1, 0.15) is 5.56 Å². The molecule has 0 saturated carbocycles. The van der Waals surface area contributed by atoms with Crippen molar-refractivity contribution in [1.29, 1.82) is 0 Å². The Morgan fingerprint density at radius 3 is 2.83 bits per heavy atom. The molecule has 2 rings (SSSR count). The number of amides is 2. The van der Waals surface area contributed by atoms with E-state index in [-0.39, 0.29) is 19.0 Å². The summed E-state index contributed by atoms with van der Waals surface area (Å²) in [5.41, 5.74) is 0.669. The molecule has 96 valence electrons. The van der Waals surface area contributed by atoms with Crippen LogP contribution in [-0.4, -0.2) is 46.7 Å². The van der Waals surface area contributed by atoms with Crippen molar-refractivity contribution < 1.29 is 14.7 Å². The minimum atomic E-state index is -1.09. The smallest absolute Gasteiger partial charge is 0.404 e. The number of rotatable bonds is 3. The maximum absolute atomic E-state index is 11.2. The molecular weight excluding hydrogens is 238 g/mol. The van der Waals surface area contributed by atoms with Crippen molar-refractivity contribution in [2.75, 3.05) is 24.5 Å². The number of nitrogens with one attached hydrogen (secondary N) is 2. The molecule has 1 aliphatic rings. The number of carbonyl (C=O) groups is 2. The highest BCUT2D eigenvalue weighted by Gasteiger charge is 2.18. The summed E-state index contributed by atoms with van der Waals surface area (Å²) in [6.45, 7) is 1.64. The summed E-state index contributed by atoms with van der Waals surface area (Å²) in [6.07, 6.45) is 2.00. The van der Waals surface area contributed by atoms with Crippen molar-refractivity contribution in [2.24, 2.45) is 0 Å². The van der Waals surface area contributed by atoms with E-state index in [1.54, 1.807) is 17.3 Å². The first-order valence-electron chi connectivity index (χ1n) is 5.44. The zero-order valence-electron chi connectivity index (χ0n) is 9.59. The molecule has 0 radical (unpaired) electrons. The second-order valence-corrected chi connectivity index (χ2v) is 3.82. The topological polar surface area (TPSA) is 107 Å². The first kappa shape index (κ1) is 12.1. The largest absolute Gasteiger partial charge is 0.465 e. The highest BCUT2D eigenvalue weighted by atomic mass is 16.4. The molecule has 8 nitrogen and oxygen atoms in total. The number of hydrogen-bond donors (Lipinski definition) is 3. The van der Waals surface area contributed by atoms with Gasteiger partial charge in [-0.15, -0.1) is 0 Å². The lowest BCUT2D eigenvalue weighted by Gasteiger charge is -2.26. The summed E-state index contributed by atoms with van der Waals surface area (Å²) >= 11 is 0. The number of carbonyl (C=O) groups excluding carboxylic acids is 1. The molecule has 0 spiro atoms. The second kappa shape index (κ2) is 5.30. The molecule has 0 aromatic carbocycles. The van der Waals surface area contributed by atoms with Crippen molar-refractivity contribution in [3.63, 3.8) is 0 Å². The number of nitrogens with zero attached hydrogens (tertiary/aromatic N) is 3. The first-order chi connectivity index (χ1) is 8.65. The Kier molecular flexibility index (Phi) is 3.56. The van der Waals surface area contributed by atoms with Crippen LogP contribution < -0.4 is 15.5 Å². The molecule has 1 saturated heterocycles. The maximum atomic E-state index is 11.2. The zero-order chi connectivity index (χ0) is 13.0. The Balaban J connectivity index is 1.98. The van der Waals surface area contributed by atoms with Gasteiger partial charge in [0.25, 0.3) is 0 Å². The minimum absolute atomic E-state index is 0.0542. The number of hydrogen-bond acceptors (Lipinski definition) is 5.